The Labute approximate surface area is 120 Å². The number of carbonyl (C=O) groups is 2. The molecule has 0 unspecified atom stereocenters. The van der Waals surface area contributed by atoms with E-state index in [1.807, 2.05) is 27.7 Å². The molecule has 0 saturated heterocycles. The number of amides is 2. The summed E-state index contributed by atoms with van der Waals surface area (Å²) < 4.78 is 9.25. The van der Waals surface area contributed by atoms with Gasteiger partial charge in [-0.3, -0.25) is 0 Å². The first-order chi connectivity index (χ1) is 9.26. The number of carbonyl (C=O) groups excluding carboxylic acids is 2. The molecule has 8 heteroatoms. The number of hydrogen-bond acceptors (Lipinski definition) is 6. The minimum atomic E-state index is -0.414. The number of hydrogen-bond donors (Lipinski definition) is 4. The fourth-order valence-electron chi connectivity index (χ4n) is 0.841. The van der Waals surface area contributed by atoms with Gasteiger partial charge in [0.1, 0.15) is 13.2 Å². The molecule has 0 bridgehead atoms. The number of ether oxygens (including phenoxy) is 2. The minimum absolute atomic E-state index is 0.244. The molecule has 0 rings (SSSR count). The third-order valence-electron chi connectivity index (χ3n) is 1.50. The second-order valence-corrected chi connectivity index (χ2v) is 4.75. The predicted molar refractivity (Wildman–Crippen MR) is 77.4 cm³/mol. The van der Waals surface area contributed by atoms with E-state index in [4.69, 9.17) is 16.2 Å². The van der Waals surface area contributed by atoms with E-state index in [0.717, 1.165) is 0 Å². The van der Waals surface area contributed by atoms with Gasteiger partial charge in [-0.15, -0.1) is 0 Å². The summed E-state index contributed by atoms with van der Waals surface area (Å²) in [4.78, 5) is 21.2. The molecule has 2 amide bonds. The molecule has 120 valence electrons. The van der Waals surface area contributed by atoms with E-state index in [1.54, 1.807) is 0 Å². The topological polar surface area (TPSA) is 129 Å². The van der Waals surface area contributed by atoms with Gasteiger partial charge in [0.15, 0.2) is 0 Å². The van der Waals surface area contributed by atoms with Crippen LogP contribution in [-0.2, 0) is 9.47 Å². The molecule has 0 aromatic heterocycles. The molecule has 20 heavy (non-hydrogen) atoms. The smallest absolute Gasteiger partial charge is 0.407 e. The van der Waals surface area contributed by atoms with Crippen molar-refractivity contribution in [2.24, 2.45) is 11.5 Å². The summed E-state index contributed by atoms with van der Waals surface area (Å²) in [5.41, 5.74) is 9.96. The molecule has 0 atom stereocenters. The molecular formula is C12H28N4O4. The molecule has 0 aromatic rings. The van der Waals surface area contributed by atoms with Gasteiger partial charge in [0.2, 0.25) is 0 Å². The van der Waals surface area contributed by atoms with Crippen LogP contribution < -0.4 is 22.1 Å². The highest BCUT2D eigenvalue weighted by molar-refractivity contribution is 5.68. The van der Waals surface area contributed by atoms with Crippen LogP contribution in [0.3, 0.4) is 0 Å². The maximum absolute atomic E-state index is 10.8. The molecular weight excluding hydrogens is 264 g/mol. The predicted octanol–water partition coefficient (Wildman–Crippen LogP) is 0.161. The molecule has 0 aliphatic rings. The number of nitrogens with one attached hydrogen (secondary N) is 2. The lowest BCUT2D eigenvalue weighted by Gasteiger charge is -2.19. The lowest BCUT2D eigenvalue weighted by molar-refractivity contribution is 0.140. The SMILES string of the molecule is CC(C)(C)NC(=O)OCCN.CCNC(=O)OCCN. The van der Waals surface area contributed by atoms with Gasteiger partial charge in [-0.25, -0.2) is 9.59 Å². The van der Waals surface area contributed by atoms with E-state index in [2.05, 4.69) is 15.4 Å². The average Bonchev–Trinajstić information content (AvgIpc) is 2.33. The molecule has 0 heterocycles. The van der Waals surface area contributed by atoms with Crippen molar-refractivity contribution in [3.63, 3.8) is 0 Å². The van der Waals surface area contributed by atoms with Gasteiger partial charge in [0.05, 0.1) is 0 Å². The lowest BCUT2D eigenvalue weighted by Crippen LogP contribution is -2.41. The second-order valence-electron chi connectivity index (χ2n) is 4.75. The van der Waals surface area contributed by atoms with E-state index in [1.165, 1.54) is 0 Å². The second kappa shape index (κ2) is 12.5. The number of nitrogens with two attached hydrogens (primary N) is 2. The van der Waals surface area contributed by atoms with Crippen molar-refractivity contribution in [1.29, 1.82) is 0 Å². The third kappa shape index (κ3) is 18.8. The average molecular weight is 292 g/mol. The highest BCUT2D eigenvalue weighted by Crippen LogP contribution is 1.98. The van der Waals surface area contributed by atoms with Crippen LogP contribution in [0.2, 0.25) is 0 Å². The zero-order valence-corrected chi connectivity index (χ0v) is 12.8. The van der Waals surface area contributed by atoms with E-state index in [0.29, 0.717) is 19.6 Å². The highest BCUT2D eigenvalue weighted by Gasteiger charge is 2.13. The summed E-state index contributed by atoms with van der Waals surface area (Å²) in [6, 6.07) is 0. The van der Waals surface area contributed by atoms with Gasteiger partial charge in [0.25, 0.3) is 0 Å². The first-order valence-electron chi connectivity index (χ1n) is 6.52. The van der Waals surface area contributed by atoms with Gasteiger partial charge in [-0.1, -0.05) is 0 Å². The number of rotatable bonds is 5. The molecule has 0 aliphatic heterocycles. The molecule has 6 N–H and O–H groups in total. The van der Waals surface area contributed by atoms with Gasteiger partial charge >= 0.3 is 12.2 Å². The van der Waals surface area contributed by atoms with Crippen LogP contribution in [0.4, 0.5) is 9.59 Å². The van der Waals surface area contributed by atoms with Crippen LogP contribution in [0, 0.1) is 0 Å². The van der Waals surface area contributed by atoms with Gasteiger partial charge in [0, 0.05) is 25.2 Å². The van der Waals surface area contributed by atoms with Crippen LogP contribution in [0.5, 0.6) is 0 Å². The standard InChI is InChI=1S/C7H16N2O2.C5H12N2O2/c1-7(2,3)9-6(10)11-5-4-8;1-2-7-5(8)9-4-3-6/h4-5,8H2,1-3H3,(H,9,10);2-4,6H2,1H3,(H,7,8). The summed E-state index contributed by atoms with van der Waals surface area (Å²) in [6.07, 6.45) is -0.814. The molecule has 0 fully saturated rings. The van der Waals surface area contributed by atoms with E-state index >= 15 is 0 Å². The fourth-order valence-corrected chi connectivity index (χ4v) is 0.841. The van der Waals surface area contributed by atoms with Crippen molar-refractivity contribution in [2.75, 3.05) is 32.8 Å². The monoisotopic (exact) mass is 292 g/mol. The van der Waals surface area contributed by atoms with Crippen molar-refractivity contribution in [2.45, 2.75) is 33.2 Å². The molecule has 0 spiro atoms. The van der Waals surface area contributed by atoms with Crippen LogP contribution in [0.1, 0.15) is 27.7 Å². The highest BCUT2D eigenvalue weighted by atomic mass is 16.6. The summed E-state index contributed by atoms with van der Waals surface area (Å²) >= 11 is 0. The van der Waals surface area contributed by atoms with Crippen molar-refractivity contribution >= 4 is 12.2 Å². The summed E-state index contributed by atoms with van der Waals surface area (Å²) in [7, 11) is 0. The van der Waals surface area contributed by atoms with Crippen LogP contribution in [-0.4, -0.2) is 50.6 Å². The quantitative estimate of drug-likeness (QED) is 0.571. The maximum atomic E-state index is 10.8. The molecule has 8 nitrogen and oxygen atoms in total. The Kier molecular flexibility index (Phi) is 13.0. The van der Waals surface area contributed by atoms with Crippen molar-refractivity contribution < 1.29 is 19.1 Å². The van der Waals surface area contributed by atoms with Gasteiger partial charge in [-0.05, 0) is 27.7 Å². The summed E-state index contributed by atoms with van der Waals surface area (Å²) in [5.74, 6) is 0. The van der Waals surface area contributed by atoms with Crippen molar-refractivity contribution in [3.05, 3.63) is 0 Å². The normalized spacial score (nSPS) is 9.90. The molecule has 0 radical (unpaired) electrons. The van der Waals surface area contributed by atoms with Crippen LogP contribution >= 0.6 is 0 Å². The van der Waals surface area contributed by atoms with Gasteiger partial charge in [-0.2, -0.15) is 0 Å². The zero-order chi connectivity index (χ0) is 16.0. The first-order valence-corrected chi connectivity index (χ1v) is 6.52. The molecule has 0 aliphatic carbocycles. The Hall–Kier alpha value is -1.54. The largest absolute Gasteiger partial charge is 0.448 e. The Balaban J connectivity index is 0. The Morgan fingerprint density at radius 3 is 1.80 bits per heavy atom. The zero-order valence-electron chi connectivity index (χ0n) is 12.8. The van der Waals surface area contributed by atoms with Crippen LogP contribution in [0.25, 0.3) is 0 Å². The van der Waals surface area contributed by atoms with Crippen molar-refractivity contribution in [1.82, 2.24) is 10.6 Å². The van der Waals surface area contributed by atoms with Crippen LogP contribution in [0.15, 0.2) is 0 Å². The third-order valence-corrected chi connectivity index (χ3v) is 1.50. The number of alkyl carbamates (subject to hydrolysis) is 2. The summed E-state index contributed by atoms with van der Waals surface area (Å²) in [6.45, 7) is 9.35. The first kappa shape index (κ1) is 20.8. The minimum Gasteiger partial charge on any atom is -0.448 e. The van der Waals surface area contributed by atoms with E-state index < -0.39 is 12.2 Å². The van der Waals surface area contributed by atoms with E-state index in [9.17, 15) is 9.59 Å². The summed E-state index contributed by atoms with van der Waals surface area (Å²) in [5, 5.41) is 5.10. The Bertz CT molecular complexity index is 267. The molecule has 0 saturated carbocycles. The Morgan fingerprint density at radius 1 is 1.00 bits per heavy atom. The molecule has 0 aromatic carbocycles. The van der Waals surface area contributed by atoms with E-state index in [-0.39, 0.29) is 18.8 Å². The van der Waals surface area contributed by atoms with Gasteiger partial charge < -0.3 is 31.6 Å². The maximum Gasteiger partial charge on any atom is 0.407 e. The fraction of sp³-hybridized carbons (Fsp3) is 0.833. The Morgan fingerprint density at radius 2 is 1.45 bits per heavy atom. The van der Waals surface area contributed by atoms with Crippen molar-refractivity contribution in [3.8, 4) is 0 Å². The lowest BCUT2D eigenvalue weighted by atomic mass is 10.1.